The topological polar surface area (TPSA) is 78.4 Å². The summed E-state index contributed by atoms with van der Waals surface area (Å²) in [5.41, 5.74) is 4.11. The number of benzene rings is 1. The summed E-state index contributed by atoms with van der Waals surface area (Å²) in [4.78, 5) is 22.9. The molecule has 2 heterocycles. The quantitative estimate of drug-likeness (QED) is 0.821. The number of aromatic nitrogens is 2. The number of nitrogens with one attached hydrogen (secondary N) is 1. The molecule has 1 saturated heterocycles. The van der Waals surface area contributed by atoms with Gasteiger partial charge in [0, 0.05) is 55.3 Å². The zero-order valence-electron chi connectivity index (χ0n) is 15.9. The highest BCUT2D eigenvalue weighted by Crippen LogP contribution is 2.26. The Hall–Kier alpha value is -2.18. The van der Waals surface area contributed by atoms with Crippen LogP contribution in [0.1, 0.15) is 28.9 Å². The molecule has 1 amide bonds. The molecule has 0 radical (unpaired) electrons. The number of amides is 1. The van der Waals surface area contributed by atoms with Gasteiger partial charge >= 0.3 is 0 Å². The van der Waals surface area contributed by atoms with Crippen LogP contribution >= 0.6 is 11.6 Å². The molecule has 3 rings (SSSR count). The van der Waals surface area contributed by atoms with Crippen LogP contribution in [0.4, 0.5) is 5.95 Å². The molecule has 1 aromatic heterocycles. The van der Waals surface area contributed by atoms with Crippen LogP contribution in [0.15, 0.2) is 24.3 Å². The van der Waals surface area contributed by atoms with Gasteiger partial charge in [-0.2, -0.15) is 0 Å². The number of β-amino-alcohol motifs (C(OH)–C–C–N with tert-alkyl or cyclic N) is 1. The Morgan fingerprint density at radius 1 is 1.22 bits per heavy atom. The SMILES string of the molecule is CNC(=O)C[C@@H]1CN(c2nc(C)c(Cc3ccc(Cl)cc3)c(C)n2)C[C@H]1O. The van der Waals surface area contributed by atoms with Crippen molar-refractivity contribution in [1.29, 1.82) is 0 Å². The zero-order valence-corrected chi connectivity index (χ0v) is 16.6. The fourth-order valence-corrected chi connectivity index (χ4v) is 3.61. The number of carbonyl (C=O) groups is 1. The van der Waals surface area contributed by atoms with Crippen LogP contribution in [-0.4, -0.2) is 47.2 Å². The fraction of sp³-hybridized carbons (Fsp3) is 0.450. The van der Waals surface area contributed by atoms with E-state index >= 15 is 0 Å². The Morgan fingerprint density at radius 3 is 2.44 bits per heavy atom. The monoisotopic (exact) mass is 388 g/mol. The summed E-state index contributed by atoms with van der Waals surface area (Å²) in [6, 6.07) is 7.79. The van der Waals surface area contributed by atoms with Crippen molar-refractivity contribution in [2.45, 2.75) is 32.8 Å². The van der Waals surface area contributed by atoms with Gasteiger partial charge in [0.2, 0.25) is 11.9 Å². The van der Waals surface area contributed by atoms with E-state index in [1.807, 2.05) is 43.0 Å². The number of hydrogen-bond acceptors (Lipinski definition) is 5. The standard InChI is InChI=1S/C20H25ClN4O2/c1-12-17(8-14-4-6-16(21)7-5-14)13(2)24-20(23-12)25-10-15(18(26)11-25)9-19(27)22-3/h4-7,15,18,26H,8-11H2,1-3H3,(H,22,27)/t15-,18-/m1/s1. The van der Waals surface area contributed by atoms with E-state index in [-0.39, 0.29) is 11.8 Å². The Bertz CT molecular complexity index is 802. The number of hydrogen-bond donors (Lipinski definition) is 2. The average molecular weight is 389 g/mol. The number of halogens is 1. The van der Waals surface area contributed by atoms with Gasteiger partial charge in [-0.1, -0.05) is 23.7 Å². The van der Waals surface area contributed by atoms with E-state index in [0.29, 0.717) is 25.5 Å². The molecule has 6 nitrogen and oxygen atoms in total. The van der Waals surface area contributed by atoms with Crippen molar-refractivity contribution in [3.8, 4) is 0 Å². The van der Waals surface area contributed by atoms with Crippen LogP contribution in [0.2, 0.25) is 5.02 Å². The number of aliphatic hydroxyl groups is 1. The maximum Gasteiger partial charge on any atom is 0.225 e. The second kappa shape index (κ2) is 8.23. The minimum absolute atomic E-state index is 0.0625. The third-order valence-electron chi connectivity index (χ3n) is 5.12. The van der Waals surface area contributed by atoms with E-state index in [0.717, 1.165) is 34.0 Å². The van der Waals surface area contributed by atoms with Gasteiger partial charge in [0.15, 0.2) is 0 Å². The van der Waals surface area contributed by atoms with Gasteiger partial charge in [0.25, 0.3) is 0 Å². The summed E-state index contributed by atoms with van der Waals surface area (Å²) in [6.07, 6.45) is 0.498. The molecule has 1 aliphatic heterocycles. The molecule has 2 aromatic rings. The van der Waals surface area contributed by atoms with Crippen LogP contribution in [0.5, 0.6) is 0 Å². The first-order valence-electron chi connectivity index (χ1n) is 9.09. The molecule has 0 bridgehead atoms. The van der Waals surface area contributed by atoms with Gasteiger partial charge in [-0.05, 0) is 37.1 Å². The normalized spacial score (nSPS) is 19.4. The van der Waals surface area contributed by atoms with Gasteiger partial charge in [0.05, 0.1) is 6.10 Å². The summed E-state index contributed by atoms with van der Waals surface area (Å²) in [5, 5.41) is 13.6. The third-order valence-corrected chi connectivity index (χ3v) is 5.37. The van der Waals surface area contributed by atoms with E-state index in [1.54, 1.807) is 7.05 Å². The lowest BCUT2D eigenvalue weighted by atomic mass is 10.0. The second-order valence-corrected chi connectivity index (χ2v) is 7.52. The molecular formula is C20H25ClN4O2. The number of aliphatic hydroxyl groups excluding tert-OH is 1. The summed E-state index contributed by atoms with van der Waals surface area (Å²) in [7, 11) is 1.61. The molecule has 2 atom stereocenters. The highest BCUT2D eigenvalue weighted by atomic mass is 35.5. The largest absolute Gasteiger partial charge is 0.391 e. The van der Waals surface area contributed by atoms with E-state index in [9.17, 15) is 9.90 Å². The smallest absolute Gasteiger partial charge is 0.225 e. The minimum atomic E-state index is -0.555. The van der Waals surface area contributed by atoms with Crippen LogP contribution < -0.4 is 10.2 Å². The maximum atomic E-state index is 11.6. The zero-order chi connectivity index (χ0) is 19.6. The lowest BCUT2D eigenvalue weighted by Crippen LogP contribution is -2.27. The van der Waals surface area contributed by atoms with Crippen molar-refractivity contribution in [2.24, 2.45) is 5.92 Å². The van der Waals surface area contributed by atoms with Gasteiger partial charge in [-0.3, -0.25) is 4.79 Å². The number of anilines is 1. The first-order chi connectivity index (χ1) is 12.9. The number of rotatable bonds is 5. The molecular weight excluding hydrogens is 364 g/mol. The van der Waals surface area contributed by atoms with E-state index in [2.05, 4.69) is 15.3 Å². The molecule has 0 unspecified atom stereocenters. The first kappa shape index (κ1) is 19.6. The number of aryl methyl sites for hydroxylation is 2. The molecule has 0 spiro atoms. The average Bonchev–Trinajstić information content (AvgIpc) is 3.00. The summed E-state index contributed by atoms with van der Waals surface area (Å²) >= 11 is 5.96. The fourth-order valence-electron chi connectivity index (χ4n) is 3.48. The predicted molar refractivity (Wildman–Crippen MR) is 106 cm³/mol. The van der Waals surface area contributed by atoms with E-state index < -0.39 is 6.10 Å². The molecule has 1 fully saturated rings. The Kier molecular flexibility index (Phi) is 5.97. The number of carbonyl (C=O) groups excluding carboxylic acids is 1. The van der Waals surface area contributed by atoms with Crippen molar-refractivity contribution < 1.29 is 9.90 Å². The van der Waals surface area contributed by atoms with Crippen molar-refractivity contribution in [3.05, 3.63) is 51.8 Å². The van der Waals surface area contributed by atoms with Crippen molar-refractivity contribution >= 4 is 23.5 Å². The van der Waals surface area contributed by atoms with Crippen LogP contribution in [-0.2, 0) is 11.2 Å². The van der Waals surface area contributed by atoms with Crippen LogP contribution in [0, 0.1) is 19.8 Å². The van der Waals surface area contributed by atoms with Crippen molar-refractivity contribution in [3.63, 3.8) is 0 Å². The van der Waals surface area contributed by atoms with Gasteiger partial charge < -0.3 is 15.3 Å². The molecule has 144 valence electrons. The molecule has 0 aliphatic carbocycles. The third kappa shape index (κ3) is 4.57. The first-order valence-corrected chi connectivity index (χ1v) is 9.47. The molecule has 7 heteroatoms. The van der Waals surface area contributed by atoms with Crippen LogP contribution in [0.25, 0.3) is 0 Å². The summed E-state index contributed by atoms with van der Waals surface area (Å²) in [5.74, 6) is 0.443. The second-order valence-electron chi connectivity index (χ2n) is 7.09. The molecule has 27 heavy (non-hydrogen) atoms. The van der Waals surface area contributed by atoms with E-state index in [1.165, 1.54) is 0 Å². The molecule has 1 aliphatic rings. The Balaban J connectivity index is 1.76. The number of nitrogens with zero attached hydrogens (tertiary/aromatic N) is 3. The molecule has 1 aromatic carbocycles. The van der Waals surface area contributed by atoms with Gasteiger partial charge in [-0.25, -0.2) is 9.97 Å². The van der Waals surface area contributed by atoms with E-state index in [4.69, 9.17) is 11.6 Å². The predicted octanol–water partition coefficient (Wildman–Crippen LogP) is 2.27. The summed E-state index contributed by atoms with van der Waals surface area (Å²) < 4.78 is 0. The maximum absolute atomic E-state index is 11.6. The molecule has 2 N–H and O–H groups in total. The van der Waals surface area contributed by atoms with Crippen molar-refractivity contribution in [1.82, 2.24) is 15.3 Å². The van der Waals surface area contributed by atoms with Gasteiger partial charge in [-0.15, -0.1) is 0 Å². The lowest BCUT2D eigenvalue weighted by Gasteiger charge is -2.19. The minimum Gasteiger partial charge on any atom is -0.391 e. The Morgan fingerprint density at radius 2 is 1.85 bits per heavy atom. The highest BCUT2D eigenvalue weighted by Gasteiger charge is 2.34. The van der Waals surface area contributed by atoms with Crippen LogP contribution in [0.3, 0.4) is 0 Å². The van der Waals surface area contributed by atoms with Crippen molar-refractivity contribution in [2.75, 3.05) is 25.0 Å². The van der Waals surface area contributed by atoms with Gasteiger partial charge in [0.1, 0.15) is 0 Å². The highest BCUT2D eigenvalue weighted by molar-refractivity contribution is 6.30. The Labute approximate surface area is 164 Å². The summed E-state index contributed by atoms with van der Waals surface area (Å²) in [6.45, 7) is 4.98. The molecule has 0 saturated carbocycles. The lowest BCUT2D eigenvalue weighted by molar-refractivity contribution is -0.122.